The molecule has 240 valence electrons. The summed E-state index contributed by atoms with van der Waals surface area (Å²) in [5.74, 6) is 0.0940. The molecule has 0 spiro atoms. The number of amides is 3. The van der Waals surface area contributed by atoms with Gasteiger partial charge in [-0.2, -0.15) is 0 Å². The van der Waals surface area contributed by atoms with E-state index in [0.29, 0.717) is 30.4 Å². The minimum absolute atomic E-state index is 0.143. The van der Waals surface area contributed by atoms with E-state index in [1.807, 2.05) is 51.1 Å². The fraction of sp³-hybridized carbons (Fsp3) is 0.515. The van der Waals surface area contributed by atoms with Crippen molar-refractivity contribution in [2.24, 2.45) is 7.05 Å². The van der Waals surface area contributed by atoms with Crippen molar-refractivity contribution in [1.82, 2.24) is 23.8 Å². The van der Waals surface area contributed by atoms with Crippen molar-refractivity contribution in [3.8, 4) is 5.75 Å². The summed E-state index contributed by atoms with van der Waals surface area (Å²) in [5, 5.41) is 0. The molecule has 45 heavy (non-hydrogen) atoms. The third-order valence-corrected chi connectivity index (χ3v) is 9.06. The lowest BCUT2D eigenvalue weighted by molar-refractivity contribution is -0.151. The van der Waals surface area contributed by atoms with Gasteiger partial charge >= 0.3 is 11.8 Å². The van der Waals surface area contributed by atoms with Crippen molar-refractivity contribution in [1.29, 1.82) is 0 Å². The first-order chi connectivity index (χ1) is 21.4. The summed E-state index contributed by atoms with van der Waals surface area (Å²) in [6.07, 6.45) is 0.199. The largest absolute Gasteiger partial charge is 0.497 e. The maximum Gasteiger partial charge on any atom is 0.410 e. The van der Waals surface area contributed by atoms with Crippen LogP contribution in [0.15, 0.2) is 47.3 Å². The average molecular weight is 619 g/mol. The molecule has 0 bridgehead atoms. The van der Waals surface area contributed by atoms with E-state index in [4.69, 9.17) is 9.47 Å². The van der Waals surface area contributed by atoms with E-state index in [9.17, 15) is 19.2 Å². The molecule has 6 rings (SSSR count). The number of carbonyl (C=O) groups is 3. The van der Waals surface area contributed by atoms with Gasteiger partial charge in [0.2, 0.25) is 5.91 Å². The number of benzene rings is 2. The number of aromatic nitrogens is 2. The lowest BCUT2D eigenvalue weighted by Crippen LogP contribution is -2.63. The van der Waals surface area contributed by atoms with Crippen molar-refractivity contribution >= 4 is 34.6 Å². The van der Waals surface area contributed by atoms with Gasteiger partial charge in [-0.05, 0) is 57.0 Å². The molecular formula is C33H42N6O6. The molecule has 1 atom stereocenters. The molecular weight excluding hydrogens is 576 g/mol. The van der Waals surface area contributed by atoms with E-state index >= 15 is 0 Å². The van der Waals surface area contributed by atoms with Gasteiger partial charge in [-0.1, -0.05) is 18.2 Å². The van der Waals surface area contributed by atoms with Crippen LogP contribution in [0, 0.1) is 0 Å². The van der Waals surface area contributed by atoms with Gasteiger partial charge in [-0.3, -0.25) is 28.5 Å². The number of imide groups is 1. The summed E-state index contributed by atoms with van der Waals surface area (Å²) in [5.41, 5.74) is 2.44. The topological polar surface area (TPSA) is 110 Å². The number of hydrogen-bond acceptors (Lipinski definition) is 8. The normalized spacial score (nSPS) is 20.1. The van der Waals surface area contributed by atoms with Gasteiger partial charge in [0, 0.05) is 58.8 Å². The number of piperidine rings is 1. The van der Waals surface area contributed by atoms with Crippen molar-refractivity contribution in [2.75, 3.05) is 51.3 Å². The molecule has 3 fully saturated rings. The van der Waals surface area contributed by atoms with Gasteiger partial charge in [-0.25, -0.2) is 9.59 Å². The van der Waals surface area contributed by atoms with Crippen LogP contribution in [0.25, 0.3) is 11.0 Å². The van der Waals surface area contributed by atoms with Crippen LogP contribution in [0.3, 0.4) is 0 Å². The highest BCUT2D eigenvalue weighted by Gasteiger charge is 2.39. The van der Waals surface area contributed by atoms with Crippen molar-refractivity contribution in [3.63, 3.8) is 0 Å². The van der Waals surface area contributed by atoms with E-state index in [-0.39, 0.29) is 43.0 Å². The maximum absolute atomic E-state index is 13.8. The van der Waals surface area contributed by atoms with Crippen LogP contribution in [0.5, 0.6) is 5.75 Å². The molecule has 12 heteroatoms. The van der Waals surface area contributed by atoms with Crippen LogP contribution in [-0.4, -0.2) is 99.8 Å². The molecule has 3 saturated heterocycles. The number of hydrogen-bond donors (Lipinski definition) is 0. The quantitative estimate of drug-likeness (QED) is 0.388. The molecule has 4 heterocycles. The van der Waals surface area contributed by atoms with E-state index < -0.39 is 11.6 Å². The number of methoxy groups -OCH3 is 1. The number of nitrogens with zero attached hydrogens (tertiary/aromatic N) is 6. The van der Waals surface area contributed by atoms with E-state index in [1.165, 1.54) is 4.90 Å². The predicted molar refractivity (Wildman–Crippen MR) is 169 cm³/mol. The molecule has 1 aromatic heterocycles. The molecule has 3 aliphatic heterocycles. The van der Waals surface area contributed by atoms with E-state index in [2.05, 4.69) is 9.80 Å². The Morgan fingerprint density at radius 2 is 1.64 bits per heavy atom. The first kappa shape index (κ1) is 30.7. The summed E-state index contributed by atoms with van der Waals surface area (Å²) in [4.78, 5) is 60.5. The number of piperazine rings is 1. The maximum atomic E-state index is 13.8. The SMILES string of the molecule is COc1ccc(CN2C(=O)CCC(n3c(=O)n(C)c4c(N5CC(N6CCN(C(=O)OC(C)(C)C)CC6)C5)cccc43)C2=O)cc1. The van der Waals surface area contributed by atoms with Crippen molar-refractivity contribution in [2.45, 2.75) is 57.8 Å². The average Bonchev–Trinajstić information content (AvgIpc) is 3.24. The zero-order valence-electron chi connectivity index (χ0n) is 26.7. The highest BCUT2D eigenvalue weighted by Crippen LogP contribution is 2.34. The van der Waals surface area contributed by atoms with Crippen LogP contribution >= 0.6 is 0 Å². The van der Waals surface area contributed by atoms with Gasteiger partial charge in [-0.15, -0.1) is 0 Å². The standard InChI is InChI=1S/C33H42N6O6/c1-33(2,3)45-32(43)36-17-15-35(16-18-36)23-20-37(21-23)25-7-6-8-26-29(25)34(4)31(42)39(26)27-13-14-28(40)38(30(27)41)19-22-9-11-24(44-5)12-10-22/h6-12,23,27H,13-21H2,1-5H3. The Hall–Kier alpha value is -4.32. The molecule has 0 saturated carbocycles. The number of fused-ring (bicyclic) bond motifs is 1. The number of imidazole rings is 1. The minimum Gasteiger partial charge on any atom is -0.497 e. The van der Waals surface area contributed by atoms with Crippen LogP contribution < -0.4 is 15.3 Å². The highest BCUT2D eigenvalue weighted by atomic mass is 16.6. The number of ether oxygens (including phenoxy) is 2. The monoisotopic (exact) mass is 618 g/mol. The number of aryl methyl sites for hydroxylation is 1. The van der Waals surface area contributed by atoms with E-state index in [1.54, 1.807) is 40.3 Å². The summed E-state index contributed by atoms with van der Waals surface area (Å²) in [6, 6.07) is 12.7. The van der Waals surface area contributed by atoms with Crippen molar-refractivity contribution < 1.29 is 23.9 Å². The predicted octanol–water partition coefficient (Wildman–Crippen LogP) is 2.98. The Morgan fingerprint density at radius 1 is 0.956 bits per heavy atom. The van der Waals surface area contributed by atoms with Gasteiger partial charge in [0.05, 0.1) is 30.4 Å². The molecule has 1 unspecified atom stereocenters. The molecule has 3 aliphatic rings. The molecule has 2 aromatic carbocycles. The van der Waals surface area contributed by atoms with E-state index in [0.717, 1.165) is 42.9 Å². The Balaban J connectivity index is 1.16. The highest BCUT2D eigenvalue weighted by molar-refractivity contribution is 6.00. The van der Waals surface area contributed by atoms with Crippen LogP contribution in [-0.2, 0) is 27.9 Å². The first-order valence-electron chi connectivity index (χ1n) is 15.6. The first-order valence-corrected chi connectivity index (χ1v) is 15.6. The van der Waals surface area contributed by atoms with Gasteiger partial charge in [0.1, 0.15) is 17.4 Å². The van der Waals surface area contributed by atoms with Gasteiger partial charge in [0.25, 0.3) is 5.91 Å². The van der Waals surface area contributed by atoms with Crippen LogP contribution in [0.2, 0.25) is 0 Å². The number of carbonyl (C=O) groups excluding carboxylic acids is 3. The second-order valence-electron chi connectivity index (χ2n) is 13.1. The summed E-state index contributed by atoms with van der Waals surface area (Å²) in [6.45, 7) is 10.2. The Labute approximate surface area is 262 Å². The number of anilines is 1. The van der Waals surface area contributed by atoms with Crippen LogP contribution in [0.1, 0.15) is 45.2 Å². The number of rotatable bonds is 6. The summed E-state index contributed by atoms with van der Waals surface area (Å²) >= 11 is 0. The zero-order valence-corrected chi connectivity index (χ0v) is 26.7. The molecule has 0 N–H and O–H groups in total. The lowest BCUT2D eigenvalue weighted by atomic mass is 10.0. The Kier molecular flexibility index (Phi) is 8.11. The third kappa shape index (κ3) is 5.90. The second-order valence-corrected chi connectivity index (χ2v) is 13.1. The molecule has 0 radical (unpaired) electrons. The van der Waals surface area contributed by atoms with Gasteiger partial charge in [0.15, 0.2) is 0 Å². The number of para-hydroxylation sites is 1. The summed E-state index contributed by atoms with van der Waals surface area (Å²) < 4.78 is 13.9. The summed E-state index contributed by atoms with van der Waals surface area (Å²) in [7, 11) is 3.33. The second kappa shape index (κ2) is 11.9. The smallest absolute Gasteiger partial charge is 0.410 e. The fourth-order valence-electron chi connectivity index (χ4n) is 6.59. The zero-order chi connectivity index (χ0) is 32.0. The van der Waals surface area contributed by atoms with Crippen molar-refractivity contribution in [3.05, 3.63) is 58.5 Å². The molecule has 3 aromatic rings. The third-order valence-electron chi connectivity index (χ3n) is 9.06. The minimum atomic E-state index is -0.766. The molecule has 0 aliphatic carbocycles. The van der Waals surface area contributed by atoms with Crippen LogP contribution in [0.4, 0.5) is 10.5 Å². The fourth-order valence-corrected chi connectivity index (χ4v) is 6.59. The number of likely N-dealkylation sites (tertiary alicyclic amines) is 1. The van der Waals surface area contributed by atoms with Gasteiger partial charge < -0.3 is 19.3 Å². The lowest BCUT2D eigenvalue weighted by Gasteiger charge is -2.49. The molecule has 12 nitrogen and oxygen atoms in total. The molecule has 3 amide bonds. The Bertz CT molecular complexity index is 1660. The Morgan fingerprint density at radius 3 is 2.29 bits per heavy atom.